The van der Waals surface area contributed by atoms with Gasteiger partial charge in [0.1, 0.15) is 0 Å². The van der Waals surface area contributed by atoms with E-state index in [-0.39, 0.29) is 6.61 Å². The van der Waals surface area contributed by atoms with Gasteiger partial charge in [-0.25, -0.2) is 0 Å². The molecule has 1 rings (SSSR count). The van der Waals surface area contributed by atoms with Gasteiger partial charge in [0.05, 0.1) is 6.61 Å². The fourth-order valence-electron chi connectivity index (χ4n) is 1.84. The molecule has 0 spiro atoms. The van der Waals surface area contributed by atoms with E-state index in [1.54, 1.807) is 0 Å². The molecule has 1 aliphatic heterocycles. The number of nitrogens with zero attached hydrogens (tertiary/aromatic N) is 1. The Morgan fingerprint density at radius 2 is 2.27 bits per heavy atom. The van der Waals surface area contributed by atoms with E-state index < -0.39 is 0 Å². The highest BCUT2D eigenvalue weighted by Gasteiger charge is 2.14. The summed E-state index contributed by atoms with van der Waals surface area (Å²) in [5.74, 6) is 0. The lowest BCUT2D eigenvalue weighted by molar-refractivity contribution is 0.202. The summed E-state index contributed by atoms with van der Waals surface area (Å²) in [7, 11) is 0. The molecule has 15 heavy (non-hydrogen) atoms. The minimum atomic E-state index is 0.267. The molecule has 0 amide bonds. The van der Waals surface area contributed by atoms with Crippen LogP contribution in [0.3, 0.4) is 0 Å². The number of hydrogen-bond acceptors (Lipinski definition) is 2. The lowest BCUT2D eigenvalue weighted by atomic mass is 9.99. The van der Waals surface area contributed by atoms with Crippen LogP contribution in [-0.2, 0) is 0 Å². The summed E-state index contributed by atoms with van der Waals surface area (Å²) >= 11 is 0. The highest BCUT2D eigenvalue weighted by atomic mass is 16.3. The van der Waals surface area contributed by atoms with Crippen molar-refractivity contribution in [1.82, 2.24) is 4.90 Å². The molecule has 0 fully saturated rings. The van der Waals surface area contributed by atoms with Crippen molar-refractivity contribution in [3.05, 3.63) is 22.8 Å². The fraction of sp³-hybridized carbons (Fsp3) is 0.692. The first-order valence-electron chi connectivity index (χ1n) is 5.86. The number of aliphatic hydroxyl groups is 1. The maximum atomic E-state index is 8.93. The van der Waals surface area contributed by atoms with Crippen molar-refractivity contribution in [2.75, 3.05) is 26.2 Å². The van der Waals surface area contributed by atoms with E-state index >= 15 is 0 Å². The Morgan fingerprint density at radius 3 is 2.87 bits per heavy atom. The van der Waals surface area contributed by atoms with Gasteiger partial charge >= 0.3 is 0 Å². The number of allylic oxidation sites excluding steroid dienone is 1. The van der Waals surface area contributed by atoms with Gasteiger partial charge in [0.15, 0.2) is 0 Å². The highest BCUT2D eigenvalue weighted by molar-refractivity contribution is 5.30. The van der Waals surface area contributed by atoms with Gasteiger partial charge in [0.25, 0.3) is 0 Å². The van der Waals surface area contributed by atoms with E-state index in [9.17, 15) is 0 Å². The Balaban J connectivity index is 2.68. The van der Waals surface area contributed by atoms with Crippen LogP contribution in [0, 0.1) is 0 Å². The van der Waals surface area contributed by atoms with Crippen LogP contribution >= 0.6 is 0 Å². The van der Waals surface area contributed by atoms with Crippen molar-refractivity contribution in [2.45, 2.75) is 33.6 Å². The van der Waals surface area contributed by atoms with E-state index in [1.807, 2.05) is 0 Å². The second-order valence-corrected chi connectivity index (χ2v) is 4.40. The molecular weight excluding hydrogens is 186 g/mol. The molecule has 0 aromatic heterocycles. The zero-order valence-corrected chi connectivity index (χ0v) is 10.2. The molecule has 0 aliphatic carbocycles. The maximum absolute atomic E-state index is 8.93. The lowest BCUT2D eigenvalue weighted by Gasteiger charge is -2.28. The second kappa shape index (κ2) is 6.09. The first-order valence-corrected chi connectivity index (χ1v) is 5.86. The minimum absolute atomic E-state index is 0.267. The topological polar surface area (TPSA) is 23.5 Å². The summed E-state index contributed by atoms with van der Waals surface area (Å²) in [4.78, 5) is 2.32. The van der Waals surface area contributed by atoms with Crippen molar-refractivity contribution in [2.24, 2.45) is 0 Å². The smallest absolute Gasteiger partial charge is 0.0558 e. The van der Waals surface area contributed by atoms with Gasteiger partial charge in [0, 0.05) is 19.6 Å². The Bertz CT molecular complexity index is 266. The van der Waals surface area contributed by atoms with E-state index in [0.717, 1.165) is 32.5 Å². The molecule has 0 aromatic carbocycles. The van der Waals surface area contributed by atoms with E-state index in [4.69, 9.17) is 5.11 Å². The summed E-state index contributed by atoms with van der Waals surface area (Å²) in [6.07, 6.45) is 4.58. The molecule has 1 heterocycles. The second-order valence-electron chi connectivity index (χ2n) is 4.40. The van der Waals surface area contributed by atoms with Gasteiger partial charge in [-0.3, -0.25) is 4.90 Å². The van der Waals surface area contributed by atoms with Crippen LogP contribution in [0.15, 0.2) is 22.8 Å². The molecule has 86 valence electrons. The van der Waals surface area contributed by atoms with Gasteiger partial charge in [0.2, 0.25) is 0 Å². The van der Waals surface area contributed by atoms with Crippen molar-refractivity contribution in [3.63, 3.8) is 0 Å². The Morgan fingerprint density at radius 1 is 1.53 bits per heavy atom. The number of aliphatic hydroxyl groups excluding tert-OH is 1. The standard InChI is InChI=1S/C13H23NO/c1-4-11(2)9-13-10-14(7-8-15)6-5-12(13)3/h9,15H,4-8,10H2,1-3H3/b11-9+. The average Bonchev–Trinajstić information content (AvgIpc) is 2.23. The number of hydrogen-bond donors (Lipinski definition) is 1. The predicted molar refractivity (Wildman–Crippen MR) is 64.9 cm³/mol. The Hall–Kier alpha value is -0.600. The average molecular weight is 209 g/mol. The minimum Gasteiger partial charge on any atom is -0.395 e. The van der Waals surface area contributed by atoms with Gasteiger partial charge in [-0.1, -0.05) is 24.1 Å². The van der Waals surface area contributed by atoms with Crippen LogP contribution in [0.25, 0.3) is 0 Å². The molecule has 0 unspecified atom stereocenters. The summed E-state index contributed by atoms with van der Waals surface area (Å²) in [5.41, 5.74) is 4.40. The third-order valence-electron chi connectivity index (χ3n) is 3.14. The Kier molecular flexibility index (Phi) is 5.06. The zero-order chi connectivity index (χ0) is 11.3. The normalized spacial score (nSPS) is 19.9. The van der Waals surface area contributed by atoms with Crippen molar-refractivity contribution < 1.29 is 5.11 Å². The lowest BCUT2D eigenvalue weighted by Crippen LogP contribution is -2.33. The van der Waals surface area contributed by atoms with Crippen LogP contribution in [0.4, 0.5) is 0 Å². The molecule has 1 N–H and O–H groups in total. The fourth-order valence-corrected chi connectivity index (χ4v) is 1.84. The SMILES string of the molecule is CC/C(C)=C/C1=C(C)CCN(CCO)C1. The molecular formula is C13H23NO. The van der Waals surface area contributed by atoms with E-state index in [2.05, 4.69) is 31.7 Å². The van der Waals surface area contributed by atoms with E-state index in [0.29, 0.717) is 0 Å². The summed E-state index contributed by atoms with van der Waals surface area (Å²) in [6, 6.07) is 0. The van der Waals surface area contributed by atoms with Crippen LogP contribution in [0.5, 0.6) is 0 Å². The zero-order valence-electron chi connectivity index (χ0n) is 10.2. The molecule has 0 saturated carbocycles. The summed E-state index contributed by atoms with van der Waals surface area (Å²) in [5, 5.41) is 8.93. The predicted octanol–water partition coefficient (Wildman–Crippen LogP) is 2.36. The molecule has 0 bridgehead atoms. The summed E-state index contributed by atoms with van der Waals surface area (Å²) in [6.45, 7) is 9.77. The van der Waals surface area contributed by atoms with Gasteiger partial charge in [-0.2, -0.15) is 0 Å². The van der Waals surface area contributed by atoms with Crippen LogP contribution in [0.2, 0.25) is 0 Å². The number of rotatable bonds is 4. The summed E-state index contributed by atoms with van der Waals surface area (Å²) < 4.78 is 0. The third kappa shape index (κ3) is 3.80. The first kappa shape index (κ1) is 12.5. The van der Waals surface area contributed by atoms with Crippen molar-refractivity contribution >= 4 is 0 Å². The van der Waals surface area contributed by atoms with Crippen molar-refractivity contribution in [3.8, 4) is 0 Å². The third-order valence-corrected chi connectivity index (χ3v) is 3.14. The molecule has 2 heteroatoms. The Labute approximate surface area is 93.3 Å². The van der Waals surface area contributed by atoms with Crippen LogP contribution in [0.1, 0.15) is 33.6 Å². The largest absolute Gasteiger partial charge is 0.395 e. The van der Waals surface area contributed by atoms with Crippen molar-refractivity contribution in [1.29, 1.82) is 0 Å². The van der Waals surface area contributed by atoms with Crippen LogP contribution in [-0.4, -0.2) is 36.2 Å². The molecule has 1 aliphatic rings. The number of β-amino-alcohol motifs (C(OH)–C–C–N with tert-alkyl or cyclic N) is 1. The molecule has 0 aromatic rings. The van der Waals surface area contributed by atoms with Gasteiger partial charge < -0.3 is 5.11 Å². The highest BCUT2D eigenvalue weighted by Crippen LogP contribution is 2.19. The molecule has 2 nitrogen and oxygen atoms in total. The van der Waals surface area contributed by atoms with Crippen LogP contribution < -0.4 is 0 Å². The first-order chi connectivity index (χ1) is 7.17. The molecule has 0 saturated heterocycles. The van der Waals surface area contributed by atoms with Gasteiger partial charge in [-0.15, -0.1) is 0 Å². The molecule has 0 atom stereocenters. The monoisotopic (exact) mass is 209 g/mol. The quantitative estimate of drug-likeness (QED) is 0.768. The molecule has 0 radical (unpaired) electrons. The maximum Gasteiger partial charge on any atom is 0.0558 e. The van der Waals surface area contributed by atoms with E-state index in [1.165, 1.54) is 16.7 Å². The van der Waals surface area contributed by atoms with Gasteiger partial charge in [-0.05, 0) is 32.3 Å².